The standard InChI is InChI=1S/C13H17BrClNO2S/c14-11-4-1-7-13(10-11)19(17,18)16(9-3-8-15)12-5-2-6-12/h1,4,7,10,12H,2-3,5-6,8-9H2. The van der Waals surface area contributed by atoms with E-state index in [-0.39, 0.29) is 6.04 Å². The molecule has 3 nitrogen and oxygen atoms in total. The first-order valence-corrected chi connectivity index (χ1v) is 9.16. The number of hydrogen-bond donors (Lipinski definition) is 0. The minimum Gasteiger partial charge on any atom is -0.207 e. The highest BCUT2D eigenvalue weighted by Gasteiger charge is 2.34. The number of rotatable bonds is 6. The molecule has 1 aliphatic carbocycles. The van der Waals surface area contributed by atoms with Crippen molar-refractivity contribution < 1.29 is 8.42 Å². The van der Waals surface area contributed by atoms with Gasteiger partial charge in [-0.2, -0.15) is 4.31 Å². The quantitative estimate of drug-likeness (QED) is 0.721. The van der Waals surface area contributed by atoms with E-state index in [4.69, 9.17) is 11.6 Å². The van der Waals surface area contributed by atoms with Gasteiger partial charge in [0, 0.05) is 22.9 Å². The normalized spacial score (nSPS) is 16.6. The van der Waals surface area contributed by atoms with Gasteiger partial charge in [-0.3, -0.25) is 0 Å². The second-order valence-electron chi connectivity index (χ2n) is 4.70. The van der Waals surface area contributed by atoms with Gasteiger partial charge in [0.2, 0.25) is 10.0 Å². The van der Waals surface area contributed by atoms with Crippen molar-refractivity contribution in [2.75, 3.05) is 12.4 Å². The van der Waals surface area contributed by atoms with Crippen LogP contribution in [0.15, 0.2) is 33.6 Å². The van der Waals surface area contributed by atoms with Gasteiger partial charge >= 0.3 is 0 Å². The van der Waals surface area contributed by atoms with Crippen LogP contribution in [-0.4, -0.2) is 31.2 Å². The molecular weight excluding hydrogens is 350 g/mol. The number of hydrogen-bond acceptors (Lipinski definition) is 2. The summed E-state index contributed by atoms with van der Waals surface area (Å²) in [5, 5.41) is 0. The van der Waals surface area contributed by atoms with Crippen molar-refractivity contribution in [1.29, 1.82) is 0 Å². The van der Waals surface area contributed by atoms with E-state index < -0.39 is 10.0 Å². The summed E-state index contributed by atoms with van der Waals surface area (Å²) >= 11 is 9.02. The lowest BCUT2D eigenvalue weighted by atomic mass is 9.93. The largest absolute Gasteiger partial charge is 0.243 e. The monoisotopic (exact) mass is 365 g/mol. The van der Waals surface area contributed by atoms with E-state index >= 15 is 0 Å². The van der Waals surface area contributed by atoms with Crippen LogP contribution in [0.2, 0.25) is 0 Å². The predicted molar refractivity (Wildman–Crippen MR) is 81.0 cm³/mol. The maximum absolute atomic E-state index is 12.7. The maximum Gasteiger partial charge on any atom is 0.243 e. The third-order valence-electron chi connectivity index (χ3n) is 3.40. The molecule has 0 amide bonds. The molecule has 0 spiro atoms. The van der Waals surface area contributed by atoms with Gasteiger partial charge in [0.1, 0.15) is 0 Å². The van der Waals surface area contributed by atoms with Crippen LogP contribution in [0.1, 0.15) is 25.7 Å². The van der Waals surface area contributed by atoms with Crippen LogP contribution in [0.3, 0.4) is 0 Å². The van der Waals surface area contributed by atoms with Gasteiger partial charge in [-0.05, 0) is 37.5 Å². The number of sulfonamides is 1. The highest BCUT2D eigenvalue weighted by Crippen LogP contribution is 2.30. The van der Waals surface area contributed by atoms with Gasteiger partial charge < -0.3 is 0 Å². The predicted octanol–water partition coefficient (Wildman–Crippen LogP) is 3.62. The summed E-state index contributed by atoms with van der Waals surface area (Å²) in [5.74, 6) is 0.483. The molecule has 0 N–H and O–H groups in total. The van der Waals surface area contributed by atoms with Crippen molar-refractivity contribution in [3.8, 4) is 0 Å². The second-order valence-corrected chi connectivity index (χ2v) is 7.88. The summed E-state index contributed by atoms with van der Waals surface area (Å²) in [4.78, 5) is 0.350. The number of nitrogens with zero attached hydrogens (tertiary/aromatic N) is 1. The lowest BCUT2D eigenvalue weighted by molar-refractivity contribution is 0.220. The van der Waals surface area contributed by atoms with Gasteiger partial charge in [-0.1, -0.05) is 28.4 Å². The zero-order chi connectivity index (χ0) is 13.9. The SMILES string of the molecule is O=S(=O)(c1cccc(Br)c1)N(CCCCl)C1CCC1. The average molecular weight is 367 g/mol. The average Bonchev–Trinajstić information content (AvgIpc) is 2.31. The molecule has 0 saturated heterocycles. The molecule has 0 heterocycles. The Bertz CT molecular complexity index is 531. The Hall–Kier alpha value is -0.100. The molecule has 0 aromatic heterocycles. The van der Waals surface area contributed by atoms with Crippen LogP contribution >= 0.6 is 27.5 Å². The Balaban J connectivity index is 2.27. The lowest BCUT2D eigenvalue weighted by Gasteiger charge is -2.36. The molecule has 0 atom stereocenters. The second kappa shape index (κ2) is 6.57. The summed E-state index contributed by atoms with van der Waals surface area (Å²) in [6.07, 6.45) is 3.70. The van der Waals surface area contributed by atoms with E-state index in [0.717, 1.165) is 23.7 Å². The molecule has 1 aliphatic rings. The van der Waals surface area contributed by atoms with Crippen molar-refractivity contribution in [2.24, 2.45) is 0 Å². The van der Waals surface area contributed by atoms with Gasteiger partial charge in [0.25, 0.3) is 0 Å². The maximum atomic E-state index is 12.7. The van der Waals surface area contributed by atoms with Crippen molar-refractivity contribution in [3.05, 3.63) is 28.7 Å². The van der Waals surface area contributed by atoms with Crippen molar-refractivity contribution >= 4 is 37.6 Å². The van der Waals surface area contributed by atoms with Crippen LogP contribution in [0, 0.1) is 0 Å². The summed E-state index contributed by atoms with van der Waals surface area (Å²) in [7, 11) is -3.41. The smallest absolute Gasteiger partial charge is 0.207 e. The van der Waals surface area contributed by atoms with E-state index in [1.54, 1.807) is 22.5 Å². The molecule has 0 bridgehead atoms. The number of benzene rings is 1. The van der Waals surface area contributed by atoms with Gasteiger partial charge in [0.15, 0.2) is 0 Å². The van der Waals surface area contributed by atoms with Gasteiger partial charge in [0.05, 0.1) is 4.90 Å². The molecule has 1 saturated carbocycles. The number of alkyl halides is 1. The molecule has 106 valence electrons. The van der Waals surface area contributed by atoms with Crippen LogP contribution < -0.4 is 0 Å². The Morgan fingerprint density at radius 1 is 1.37 bits per heavy atom. The fraction of sp³-hybridized carbons (Fsp3) is 0.538. The van der Waals surface area contributed by atoms with E-state index in [1.807, 2.05) is 6.07 Å². The van der Waals surface area contributed by atoms with Gasteiger partial charge in [-0.15, -0.1) is 11.6 Å². The topological polar surface area (TPSA) is 37.4 Å². The molecule has 6 heteroatoms. The number of halogens is 2. The Kier molecular flexibility index (Phi) is 5.29. The molecule has 1 aromatic rings. The summed E-state index contributed by atoms with van der Waals surface area (Å²) in [6.45, 7) is 0.503. The Morgan fingerprint density at radius 2 is 2.11 bits per heavy atom. The van der Waals surface area contributed by atoms with Crippen LogP contribution in [0.25, 0.3) is 0 Å². The third-order valence-corrected chi connectivity index (χ3v) is 6.11. The van der Waals surface area contributed by atoms with Crippen molar-refractivity contribution in [1.82, 2.24) is 4.31 Å². The fourth-order valence-corrected chi connectivity index (χ4v) is 4.59. The fourth-order valence-electron chi connectivity index (χ4n) is 2.15. The minimum atomic E-state index is -3.41. The Labute approximate surface area is 128 Å². The first kappa shape index (κ1) is 15.3. The molecule has 1 fully saturated rings. The molecule has 0 unspecified atom stereocenters. The first-order valence-electron chi connectivity index (χ1n) is 6.39. The zero-order valence-electron chi connectivity index (χ0n) is 10.6. The van der Waals surface area contributed by atoms with E-state index in [0.29, 0.717) is 23.7 Å². The highest BCUT2D eigenvalue weighted by atomic mass is 79.9. The Morgan fingerprint density at radius 3 is 2.63 bits per heavy atom. The van der Waals surface area contributed by atoms with Crippen LogP contribution in [0.4, 0.5) is 0 Å². The van der Waals surface area contributed by atoms with E-state index in [2.05, 4.69) is 15.9 Å². The summed E-state index contributed by atoms with van der Waals surface area (Å²) < 4.78 is 27.8. The first-order chi connectivity index (χ1) is 9.05. The van der Waals surface area contributed by atoms with E-state index in [1.165, 1.54) is 0 Å². The van der Waals surface area contributed by atoms with Gasteiger partial charge in [-0.25, -0.2) is 8.42 Å². The lowest BCUT2D eigenvalue weighted by Crippen LogP contribution is -2.44. The minimum absolute atomic E-state index is 0.146. The molecule has 19 heavy (non-hydrogen) atoms. The molecule has 0 aliphatic heterocycles. The molecule has 1 aromatic carbocycles. The summed E-state index contributed by atoms with van der Waals surface area (Å²) in [5.41, 5.74) is 0. The zero-order valence-corrected chi connectivity index (χ0v) is 13.7. The third kappa shape index (κ3) is 3.51. The van der Waals surface area contributed by atoms with Crippen LogP contribution in [-0.2, 0) is 10.0 Å². The molecule has 0 radical (unpaired) electrons. The van der Waals surface area contributed by atoms with Crippen LogP contribution in [0.5, 0.6) is 0 Å². The molecular formula is C13H17BrClNO2S. The van der Waals surface area contributed by atoms with E-state index in [9.17, 15) is 8.42 Å². The highest BCUT2D eigenvalue weighted by molar-refractivity contribution is 9.10. The van der Waals surface area contributed by atoms with Crippen molar-refractivity contribution in [2.45, 2.75) is 36.6 Å². The van der Waals surface area contributed by atoms with Crippen molar-refractivity contribution in [3.63, 3.8) is 0 Å². The summed E-state index contributed by atoms with van der Waals surface area (Å²) in [6, 6.07) is 7.02. The molecule has 2 rings (SSSR count).